The second kappa shape index (κ2) is 10.4. The van der Waals surface area contributed by atoms with Gasteiger partial charge < -0.3 is 20.3 Å². The van der Waals surface area contributed by atoms with Crippen LogP contribution in [0.3, 0.4) is 0 Å². The van der Waals surface area contributed by atoms with Gasteiger partial charge in [0, 0.05) is 61.1 Å². The Bertz CT molecular complexity index is 1490. The number of aliphatic hydroxyl groups excluding tert-OH is 1. The van der Waals surface area contributed by atoms with Crippen LogP contribution in [0.15, 0.2) is 48.8 Å². The summed E-state index contributed by atoms with van der Waals surface area (Å²) in [6.07, 6.45) is 6.03. The van der Waals surface area contributed by atoms with E-state index >= 15 is 0 Å². The highest BCUT2D eigenvalue weighted by Crippen LogP contribution is 2.42. The van der Waals surface area contributed by atoms with Crippen molar-refractivity contribution in [2.24, 2.45) is 0 Å². The quantitative estimate of drug-likeness (QED) is 0.316. The van der Waals surface area contributed by atoms with Crippen molar-refractivity contribution in [3.63, 3.8) is 0 Å². The predicted octanol–water partition coefficient (Wildman–Crippen LogP) is 4.84. The summed E-state index contributed by atoms with van der Waals surface area (Å²) in [4.78, 5) is 28.5. The number of halogens is 1. The maximum atomic E-state index is 11.8. The third kappa shape index (κ3) is 5.25. The van der Waals surface area contributed by atoms with Gasteiger partial charge in [-0.15, -0.1) is 0 Å². The number of aromatic nitrogens is 3. The Hall–Kier alpha value is -3.46. The Kier molecular flexibility index (Phi) is 6.78. The van der Waals surface area contributed by atoms with Crippen molar-refractivity contribution in [3.05, 3.63) is 70.5 Å². The first-order chi connectivity index (χ1) is 18.5. The van der Waals surface area contributed by atoms with Crippen molar-refractivity contribution in [1.29, 1.82) is 0 Å². The van der Waals surface area contributed by atoms with Crippen molar-refractivity contribution in [3.8, 4) is 11.3 Å². The summed E-state index contributed by atoms with van der Waals surface area (Å²) in [5.41, 5.74) is 7.39. The molecule has 0 spiro atoms. The molecule has 6 rings (SSSR count). The number of benzene rings is 2. The summed E-state index contributed by atoms with van der Waals surface area (Å²) < 4.78 is 0. The molecule has 9 heteroatoms. The Morgan fingerprint density at radius 3 is 2.74 bits per heavy atom. The van der Waals surface area contributed by atoms with Gasteiger partial charge in [0.1, 0.15) is 6.61 Å². The van der Waals surface area contributed by atoms with Crippen molar-refractivity contribution >= 4 is 40.0 Å². The van der Waals surface area contributed by atoms with Crippen LogP contribution >= 0.6 is 11.6 Å². The molecule has 196 valence electrons. The number of amides is 1. The van der Waals surface area contributed by atoms with Crippen LogP contribution in [-0.4, -0.2) is 68.6 Å². The summed E-state index contributed by atoms with van der Waals surface area (Å²) in [5, 5.41) is 14.1. The van der Waals surface area contributed by atoms with E-state index in [1.54, 1.807) is 11.1 Å². The Balaban J connectivity index is 1.24. The van der Waals surface area contributed by atoms with Gasteiger partial charge >= 0.3 is 0 Å². The lowest BCUT2D eigenvalue weighted by molar-refractivity contribution is -0.135. The Labute approximate surface area is 226 Å². The standard InChI is InChI=1S/C29H31ClN6O2/c1-18-2-5-23-24(14-31-26(23)10-18)28-25(30)15-32-29(34-28)33-22-12-19(11-21(13-22)20-3-4-20)16-35-6-8-36(9-7-35)27(38)17-37/h2,5,10-15,20,31,37H,3-4,6-9,16-17H2,1H3,(H,32,33,34). The van der Waals surface area contributed by atoms with Gasteiger partial charge in [-0.25, -0.2) is 9.97 Å². The van der Waals surface area contributed by atoms with Gasteiger partial charge in [0.05, 0.1) is 16.9 Å². The summed E-state index contributed by atoms with van der Waals surface area (Å²) in [6.45, 7) is 5.31. The van der Waals surface area contributed by atoms with Crippen LogP contribution < -0.4 is 5.32 Å². The minimum Gasteiger partial charge on any atom is -0.387 e. The molecule has 4 aromatic rings. The first-order valence-electron chi connectivity index (χ1n) is 13.1. The SMILES string of the molecule is Cc1ccc2c(-c3nc(Nc4cc(CN5CCN(C(=O)CO)CC5)cc(C5CC5)c4)ncc3Cl)c[nH]c2c1. The number of fused-ring (bicyclic) bond motifs is 1. The highest BCUT2D eigenvalue weighted by molar-refractivity contribution is 6.33. The van der Waals surface area contributed by atoms with Crippen LogP contribution in [-0.2, 0) is 11.3 Å². The fraction of sp³-hybridized carbons (Fsp3) is 0.345. The first-order valence-corrected chi connectivity index (χ1v) is 13.5. The Morgan fingerprint density at radius 2 is 1.97 bits per heavy atom. The van der Waals surface area contributed by atoms with E-state index in [-0.39, 0.29) is 5.91 Å². The molecule has 2 aromatic carbocycles. The van der Waals surface area contributed by atoms with Crippen LogP contribution in [0.2, 0.25) is 5.02 Å². The molecule has 3 N–H and O–H groups in total. The number of aliphatic hydroxyl groups is 1. The zero-order valence-electron chi connectivity index (χ0n) is 21.4. The van der Waals surface area contributed by atoms with Crippen molar-refractivity contribution in [2.45, 2.75) is 32.2 Å². The smallest absolute Gasteiger partial charge is 0.248 e. The van der Waals surface area contributed by atoms with Gasteiger partial charge in [0.15, 0.2) is 0 Å². The van der Waals surface area contributed by atoms with E-state index in [4.69, 9.17) is 21.7 Å². The van der Waals surface area contributed by atoms with Crippen LogP contribution in [0.5, 0.6) is 0 Å². The first kappa shape index (κ1) is 24.9. The Morgan fingerprint density at radius 1 is 1.16 bits per heavy atom. The molecule has 38 heavy (non-hydrogen) atoms. The van der Waals surface area contributed by atoms with E-state index in [0.29, 0.717) is 35.7 Å². The highest BCUT2D eigenvalue weighted by Gasteiger charge is 2.25. The van der Waals surface area contributed by atoms with Gasteiger partial charge in [-0.3, -0.25) is 9.69 Å². The number of hydrogen-bond acceptors (Lipinski definition) is 6. The number of anilines is 2. The average Bonchev–Trinajstić information content (AvgIpc) is 3.70. The fourth-order valence-corrected chi connectivity index (χ4v) is 5.42. The molecular weight excluding hydrogens is 500 g/mol. The van der Waals surface area contributed by atoms with E-state index in [1.165, 1.54) is 29.5 Å². The van der Waals surface area contributed by atoms with Gasteiger partial charge in [-0.2, -0.15) is 0 Å². The number of hydrogen-bond donors (Lipinski definition) is 3. The molecule has 1 aliphatic carbocycles. The van der Waals surface area contributed by atoms with E-state index in [9.17, 15) is 4.79 Å². The number of carbonyl (C=O) groups is 1. The summed E-state index contributed by atoms with van der Waals surface area (Å²) in [7, 11) is 0. The number of rotatable bonds is 7. The molecule has 2 aliphatic rings. The summed E-state index contributed by atoms with van der Waals surface area (Å²) in [6, 6.07) is 12.9. The molecule has 0 bridgehead atoms. The number of nitrogens with zero attached hydrogens (tertiary/aromatic N) is 4. The number of H-pyrrole nitrogens is 1. The molecule has 3 heterocycles. The van der Waals surface area contributed by atoms with Crippen LogP contribution in [0.4, 0.5) is 11.6 Å². The zero-order valence-corrected chi connectivity index (χ0v) is 22.1. The molecular formula is C29H31ClN6O2. The van der Waals surface area contributed by atoms with E-state index in [2.05, 4.69) is 63.5 Å². The van der Waals surface area contributed by atoms with Crippen molar-refractivity contribution in [1.82, 2.24) is 24.8 Å². The molecule has 1 amide bonds. The number of aryl methyl sites for hydroxylation is 1. The molecule has 0 radical (unpaired) electrons. The maximum absolute atomic E-state index is 11.8. The van der Waals surface area contributed by atoms with Crippen molar-refractivity contribution < 1.29 is 9.90 Å². The zero-order chi connectivity index (χ0) is 26.2. The molecule has 8 nitrogen and oxygen atoms in total. The van der Waals surface area contributed by atoms with E-state index in [1.807, 2.05) is 6.20 Å². The largest absolute Gasteiger partial charge is 0.387 e. The molecule has 1 saturated carbocycles. The minimum atomic E-state index is -0.424. The number of aromatic amines is 1. The highest BCUT2D eigenvalue weighted by atomic mass is 35.5. The predicted molar refractivity (Wildman–Crippen MR) is 150 cm³/mol. The lowest BCUT2D eigenvalue weighted by Gasteiger charge is -2.34. The van der Waals surface area contributed by atoms with Crippen LogP contribution in [0, 0.1) is 6.92 Å². The van der Waals surface area contributed by atoms with Gasteiger partial charge in [0.25, 0.3) is 0 Å². The third-order valence-electron chi connectivity index (χ3n) is 7.42. The molecule has 1 saturated heterocycles. The maximum Gasteiger partial charge on any atom is 0.248 e. The van der Waals surface area contributed by atoms with Crippen LogP contribution in [0.1, 0.15) is 35.4 Å². The number of nitrogens with one attached hydrogen (secondary N) is 2. The third-order valence-corrected chi connectivity index (χ3v) is 7.70. The lowest BCUT2D eigenvalue weighted by atomic mass is 10.0. The summed E-state index contributed by atoms with van der Waals surface area (Å²) >= 11 is 6.56. The van der Waals surface area contributed by atoms with E-state index < -0.39 is 6.61 Å². The minimum absolute atomic E-state index is 0.197. The topological polar surface area (TPSA) is 97.4 Å². The normalized spacial score (nSPS) is 16.2. The van der Waals surface area contributed by atoms with Crippen molar-refractivity contribution in [2.75, 3.05) is 38.1 Å². The number of piperazine rings is 1. The van der Waals surface area contributed by atoms with Gasteiger partial charge in [-0.1, -0.05) is 29.8 Å². The monoisotopic (exact) mass is 530 g/mol. The molecule has 2 fully saturated rings. The molecule has 0 unspecified atom stereocenters. The molecule has 0 atom stereocenters. The van der Waals surface area contributed by atoms with E-state index in [0.717, 1.165) is 41.8 Å². The average molecular weight is 531 g/mol. The number of carbonyl (C=O) groups excluding carboxylic acids is 1. The summed E-state index contributed by atoms with van der Waals surface area (Å²) in [5.74, 6) is 0.906. The lowest BCUT2D eigenvalue weighted by Crippen LogP contribution is -2.49. The fourth-order valence-electron chi connectivity index (χ4n) is 5.23. The van der Waals surface area contributed by atoms with Gasteiger partial charge in [-0.05, 0) is 60.6 Å². The van der Waals surface area contributed by atoms with Gasteiger partial charge in [0.2, 0.25) is 11.9 Å². The molecule has 2 aromatic heterocycles. The molecule has 1 aliphatic heterocycles. The van der Waals surface area contributed by atoms with Crippen LogP contribution in [0.25, 0.3) is 22.2 Å². The second-order valence-corrected chi connectivity index (χ2v) is 10.7. The second-order valence-electron chi connectivity index (χ2n) is 10.3.